The number of carbonyl (C=O) groups excluding carboxylic acids is 1. The van der Waals surface area contributed by atoms with Gasteiger partial charge in [0.25, 0.3) is 0 Å². The number of rotatable bonds is 4. The smallest absolute Gasteiger partial charge is 0.322 e. The Labute approximate surface area is 111 Å². The van der Waals surface area contributed by atoms with Gasteiger partial charge in [0.1, 0.15) is 6.04 Å². The van der Waals surface area contributed by atoms with Gasteiger partial charge in [-0.25, -0.2) is 0 Å². The topological polar surface area (TPSA) is 95.7 Å². The number of nitrogens with zero attached hydrogens (tertiary/aromatic N) is 1. The van der Waals surface area contributed by atoms with Gasteiger partial charge < -0.3 is 16.2 Å². The first-order chi connectivity index (χ1) is 9.09. The minimum atomic E-state index is -0.858. The van der Waals surface area contributed by atoms with Gasteiger partial charge in [-0.05, 0) is 11.6 Å². The van der Waals surface area contributed by atoms with Crippen molar-refractivity contribution in [3.8, 4) is 0 Å². The average Bonchev–Trinajstić information content (AvgIpc) is 2.39. The van der Waals surface area contributed by atoms with Gasteiger partial charge in [-0.2, -0.15) is 0 Å². The van der Waals surface area contributed by atoms with E-state index in [1.807, 2.05) is 11.0 Å². The monoisotopic (exact) mass is 263 g/mol. The van der Waals surface area contributed by atoms with Gasteiger partial charge >= 0.3 is 5.97 Å². The largest absolute Gasteiger partial charge is 0.480 e. The molecule has 19 heavy (non-hydrogen) atoms. The Kier molecular flexibility index (Phi) is 4.13. The van der Waals surface area contributed by atoms with Gasteiger partial charge in [0.2, 0.25) is 5.91 Å². The molecular formula is C13H17N3O3. The van der Waals surface area contributed by atoms with Crippen LogP contribution in [0.15, 0.2) is 24.3 Å². The molecule has 6 heteroatoms. The molecule has 1 amide bonds. The molecule has 0 spiro atoms. The number of amides is 1. The molecular weight excluding hydrogens is 246 g/mol. The Bertz CT molecular complexity index is 490. The van der Waals surface area contributed by atoms with Gasteiger partial charge in [0.05, 0.1) is 0 Å². The molecule has 0 aromatic heterocycles. The summed E-state index contributed by atoms with van der Waals surface area (Å²) < 4.78 is 0. The number of hydrogen-bond acceptors (Lipinski definition) is 4. The minimum absolute atomic E-state index is 0.411. The Hall–Kier alpha value is -1.92. The van der Waals surface area contributed by atoms with Crippen LogP contribution in [0.4, 0.5) is 0 Å². The first kappa shape index (κ1) is 13.5. The van der Waals surface area contributed by atoms with Crippen LogP contribution in [0.2, 0.25) is 0 Å². The fourth-order valence-corrected chi connectivity index (χ4v) is 2.30. The van der Waals surface area contributed by atoms with Gasteiger partial charge in [0.15, 0.2) is 0 Å². The second kappa shape index (κ2) is 5.81. The van der Waals surface area contributed by atoms with Gasteiger partial charge in [-0.1, -0.05) is 18.2 Å². The number of primary amides is 1. The summed E-state index contributed by atoms with van der Waals surface area (Å²) in [5, 5.41) is 12.2. The van der Waals surface area contributed by atoms with Crippen molar-refractivity contribution in [3.05, 3.63) is 35.4 Å². The average molecular weight is 263 g/mol. The van der Waals surface area contributed by atoms with Crippen LogP contribution in [0.5, 0.6) is 0 Å². The van der Waals surface area contributed by atoms with Crippen molar-refractivity contribution < 1.29 is 14.7 Å². The fourth-order valence-electron chi connectivity index (χ4n) is 2.30. The van der Waals surface area contributed by atoms with Crippen LogP contribution in [-0.4, -0.2) is 47.6 Å². The van der Waals surface area contributed by atoms with Crippen LogP contribution in [-0.2, 0) is 11.3 Å². The normalized spacial score (nSPS) is 20.1. The summed E-state index contributed by atoms with van der Waals surface area (Å²) in [6.45, 7) is 2.19. The van der Waals surface area contributed by atoms with Crippen molar-refractivity contribution in [3.63, 3.8) is 0 Å². The Morgan fingerprint density at radius 2 is 2.16 bits per heavy atom. The lowest BCUT2D eigenvalue weighted by Gasteiger charge is -2.33. The maximum Gasteiger partial charge on any atom is 0.322 e. The second-order valence-corrected chi connectivity index (χ2v) is 4.55. The minimum Gasteiger partial charge on any atom is -0.480 e. The van der Waals surface area contributed by atoms with E-state index in [1.165, 1.54) is 0 Å². The van der Waals surface area contributed by atoms with E-state index >= 15 is 0 Å². The summed E-state index contributed by atoms with van der Waals surface area (Å²) in [6.07, 6.45) is 0. The molecule has 102 valence electrons. The van der Waals surface area contributed by atoms with Crippen molar-refractivity contribution in [1.29, 1.82) is 0 Å². The first-order valence-corrected chi connectivity index (χ1v) is 6.15. The predicted molar refractivity (Wildman–Crippen MR) is 69.7 cm³/mol. The number of carboxylic acids is 1. The van der Waals surface area contributed by atoms with Gasteiger partial charge in [-0.15, -0.1) is 0 Å². The summed E-state index contributed by atoms with van der Waals surface area (Å²) in [7, 11) is 0. The molecule has 0 bridgehead atoms. The predicted octanol–water partition coefficient (Wildman–Crippen LogP) is -0.356. The lowest BCUT2D eigenvalue weighted by atomic mass is 10.0. The molecule has 0 aliphatic carbocycles. The lowest BCUT2D eigenvalue weighted by Crippen LogP contribution is -2.54. The summed E-state index contributed by atoms with van der Waals surface area (Å²) in [5.41, 5.74) is 6.54. The third-order valence-corrected chi connectivity index (χ3v) is 3.30. The van der Waals surface area contributed by atoms with Gasteiger partial charge in [0, 0.05) is 31.7 Å². The van der Waals surface area contributed by atoms with Crippen molar-refractivity contribution in [1.82, 2.24) is 10.2 Å². The number of aliphatic carboxylic acids is 1. The fraction of sp³-hybridized carbons (Fsp3) is 0.385. The second-order valence-electron chi connectivity index (χ2n) is 4.55. The standard InChI is InChI=1S/C13H17N3O3/c14-12(17)10-4-2-1-3-9(10)8-16-6-5-15-7-11(16)13(18)19/h1-4,11,15H,5-8H2,(H2,14,17)(H,18,19). The molecule has 1 aliphatic heterocycles. The molecule has 4 N–H and O–H groups in total. The highest BCUT2D eigenvalue weighted by Gasteiger charge is 2.28. The molecule has 0 saturated carbocycles. The Balaban J connectivity index is 2.19. The molecule has 1 aliphatic rings. The van der Waals surface area contributed by atoms with Crippen molar-refractivity contribution in [2.45, 2.75) is 12.6 Å². The Morgan fingerprint density at radius 1 is 1.42 bits per heavy atom. The van der Waals surface area contributed by atoms with E-state index in [-0.39, 0.29) is 0 Å². The zero-order chi connectivity index (χ0) is 13.8. The summed E-state index contributed by atoms with van der Waals surface area (Å²) >= 11 is 0. The number of hydrogen-bond donors (Lipinski definition) is 3. The molecule has 1 fully saturated rings. The quantitative estimate of drug-likeness (QED) is 0.689. The molecule has 1 unspecified atom stereocenters. The van der Waals surface area contributed by atoms with E-state index in [2.05, 4.69) is 5.32 Å². The van der Waals surface area contributed by atoms with E-state index in [1.54, 1.807) is 18.2 Å². The number of nitrogens with one attached hydrogen (secondary N) is 1. The molecule has 2 rings (SSSR count). The zero-order valence-corrected chi connectivity index (χ0v) is 10.5. The number of benzene rings is 1. The number of nitrogens with two attached hydrogens (primary N) is 1. The van der Waals surface area contributed by atoms with Crippen LogP contribution in [0.3, 0.4) is 0 Å². The number of carbonyl (C=O) groups is 2. The van der Waals surface area contributed by atoms with Crippen LogP contribution < -0.4 is 11.1 Å². The molecule has 1 aromatic carbocycles. The maximum absolute atomic E-state index is 11.4. The van der Waals surface area contributed by atoms with E-state index in [0.717, 1.165) is 12.1 Å². The number of piperazine rings is 1. The molecule has 1 atom stereocenters. The van der Waals surface area contributed by atoms with E-state index < -0.39 is 17.9 Å². The van der Waals surface area contributed by atoms with Gasteiger partial charge in [-0.3, -0.25) is 14.5 Å². The number of carboxylic acid groups (broad SMARTS) is 1. The Morgan fingerprint density at radius 3 is 2.84 bits per heavy atom. The first-order valence-electron chi connectivity index (χ1n) is 6.15. The highest BCUT2D eigenvalue weighted by Crippen LogP contribution is 2.14. The summed E-state index contributed by atoms with van der Waals surface area (Å²) in [5.74, 6) is -1.35. The van der Waals surface area contributed by atoms with Crippen molar-refractivity contribution >= 4 is 11.9 Å². The van der Waals surface area contributed by atoms with Crippen LogP contribution in [0, 0.1) is 0 Å². The van der Waals surface area contributed by atoms with Crippen LogP contribution >= 0.6 is 0 Å². The molecule has 0 radical (unpaired) electrons. The van der Waals surface area contributed by atoms with Crippen molar-refractivity contribution in [2.75, 3.05) is 19.6 Å². The highest BCUT2D eigenvalue weighted by atomic mass is 16.4. The molecule has 1 heterocycles. The van der Waals surface area contributed by atoms with Crippen LogP contribution in [0.25, 0.3) is 0 Å². The molecule has 1 aromatic rings. The van der Waals surface area contributed by atoms with Crippen LogP contribution in [0.1, 0.15) is 15.9 Å². The third-order valence-electron chi connectivity index (χ3n) is 3.30. The van der Waals surface area contributed by atoms with Crippen molar-refractivity contribution in [2.24, 2.45) is 5.73 Å². The SMILES string of the molecule is NC(=O)c1ccccc1CN1CCNCC1C(=O)O. The van der Waals surface area contributed by atoms with E-state index in [0.29, 0.717) is 25.2 Å². The van der Waals surface area contributed by atoms with E-state index in [9.17, 15) is 14.7 Å². The summed E-state index contributed by atoms with van der Waals surface area (Å²) in [6, 6.07) is 6.46. The highest BCUT2D eigenvalue weighted by molar-refractivity contribution is 5.94. The maximum atomic E-state index is 11.4. The summed E-state index contributed by atoms with van der Waals surface area (Å²) in [4.78, 5) is 24.4. The third kappa shape index (κ3) is 3.10. The zero-order valence-electron chi connectivity index (χ0n) is 10.5. The lowest BCUT2D eigenvalue weighted by molar-refractivity contribution is -0.144. The van der Waals surface area contributed by atoms with E-state index in [4.69, 9.17) is 5.73 Å². The molecule has 1 saturated heterocycles. The molecule has 6 nitrogen and oxygen atoms in total.